The lowest BCUT2D eigenvalue weighted by Gasteiger charge is -1.95. The first kappa shape index (κ1) is 12.8. The minimum absolute atomic E-state index is 0.706. The fourth-order valence-corrected chi connectivity index (χ4v) is 0.450. The van der Waals surface area contributed by atoms with E-state index in [1.54, 1.807) is 13.0 Å². The molecule has 64 valence electrons. The third-order valence-corrected chi connectivity index (χ3v) is 1.11. The minimum Gasteiger partial charge on any atom is -0.310 e. The molecule has 11 heavy (non-hydrogen) atoms. The van der Waals surface area contributed by atoms with Gasteiger partial charge in [0.25, 0.3) is 0 Å². The van der Waals surface area contributed by atoms with Crippen LogP contribution in [0.4, 0.5) is 0 Å². The normalized spacial score (nSPS) is 7.55. The van der Waals surface area contributed by atoms with Crippen molar-refractivity contribution in [2.24, 2.45) is 0 Å². The molecule has 0 aliphatic heterocycles. The summed E-state index contributed by atoms with van der Waals surface area (Å²) in [5, 5.41) is 7.09. The lowest BCUT2D eigenvalue weighted by molar-refractivity contribution is 1.04. The molecule has 0 saturated carbocycles. The molecule has 0 fully saturated rings. The van der Waals surface area contributed by atoms with E-state index in [-0.39, 0.29) is 0 Å². The highest BCUT2D eigenvalue weighted by atomic mass is 14.4. The fraction of sp³-hybridized carbons (Fsp3) is 0.500. The molecule has 0 aromatic carbocycles. The molecule has 0 atom stereocenters. The maximum atomic E-state index is 7.09. The smallest absolute Gasteiger partial charge is 0.00615 e. The van der Waals surface area contributed by atoms with Gasteiger partial charge < -0.3 is 5.41 Å². The van der Waals surface area contributed by atoms with Crippen molar-refractivity contribution < 1.29 is 0 Å². The van der Waals surface area contributed by atoms with E-state index in [1.165, 1.54) is 0 Å². The van der Waals surface area contributed by atoms with Gasteiger partial charge in [-0.05, 0) is 19.8 Å². The molecular weight excluding hydrogens is 134 g/mol. The summed E-state index contributed by atoms with van der Waals surface area (Å²) in [6, 6.07) is 0. The standard InChI is InChI=1S/C8H13N.C2H6/c1-4-7(2)5-6-8(3)9;1-2/h4,9H,1-2,5-6H2,3H3;1-2H3. The van der Waals surface area contributed by atoms with Crippen molar-refractivity contribution in [3.05, 3.63) is 24.8 Å². The number of hydrogen-bond acceptors (Lipinski definition) is 1. The van der Waals surface area contributed by atoms with Gasteiger partial charge in [0.15, 0.2) is 0 Å². The third-order valence-electron chi connectivity index (χ3n) is 1.11. The zero-order valence-electron chi connectivity index (χ0n) is 7.91. The van der Waals surface area contributed by atoms with Crippen LogP contribution in [0.1, 0.15) is 33.6 Å². The molecule has 0 saturated heterocycles. The molecule has 0 aliphatic rings. The first-order valence-corrected chi connectivity index (χ1v) is 4.01. The average Bonchev–Trinajstić information content (AvgIpc) is 2.04. The topological polar surface area (TPSA) is 23.9 Å². The molecule has 1 nitrogen and oxygen atoms in total. The Kier molecular flexibility index (Phi) is 10.6. The van der Waals surface area contributed by atoms with Gasteiger partial charge in [-0.1, -0.05) is 38.7 Å². The number of hydrogen-bond donors (Lipinski definition) is 1. The Hall–Kier alpha value is -0.850. The van der Waals surface area contributed by atoms with Crippen LogP contribution in [0, 0.1) is 5.41 Å². The van der Waals surface area contributed by atoms with Crippen LogP contribution < -0.4 is 0 Å². The molecule has 0 heterocycles. The summed E-state index contributed by atoms with van der Waals surface area (Å²) >= 11 is 0. The van der Waals surface area contributed by atoms with E-state index in [0.29, 0.717) is 5.71 Å². The molecule has 1 N–H and O–H groups in total. The molecule has 0 aromatic rings. The van der Waals surface area contributed by atoms with E-state index >= 15 is 0 Å². The van der Waals surface area contributed by atoms with Crippen molar-refractivity contribution >= 4 is 5.71 Å². The molecule has 0 amide bonds. The van der Waals surface area contributed by atoms with Gasteiger partial charge in [-0.3, -0.25) is 0 Å². The van der Waals surface area contributed by atoms with Crippen LogP contribution in [0.2, 0.25) is 0 Å². The van der Waals surface area contributed by atoms with Crippen LogP contribution >= 0.6 is 0 Å². The van der Waals surface area contributed by atoms with Crippen LogP contribution in [0.15, 0.2) is 24.8 Å². The summed E-state index contributed by atoms with van der Waals surface area (Å²) in [5.74, 6) is 0. The first-order valence-electron chi connectivity index (χ1n) is 4.01. The Balaban J connectivity index is 0. The summed E-state index contributed by atoms with van der Waals surface area (Å²) in [5.41, 5.74) is 1.72. The second-order valence-corrected chi connectivity index (χ2v) is 2.14. The minimum atomic E-state index is 0.706. The lowest BCUT2D eigenvalue weighted by atomic mass is 10.1. The molecule has 0 aliphatic carbocycles. The van der Waals surface area contributed by atoms with Crippen molar-refractivity contribution in [2.75, 3.05) is 0 Å². The summed E-state index contributed by atoms with van der Waals surface area (Å²) < 4.78 is 0. The van der Waals surface area contributed by atoms with Gasteiger partial charge in [-0.2, -0.15) is 0 Å². The van der Waals surface area contributed by atoms with E-state index in [0.717, 1.165) is 18.4 Å². The zero-order chi connectivity index (χ0) is 9.28. The highest BCUT2D eigenvalue weighted by Gasteiger charge is 1.89. The largest absolute Gasteiger partial charge is 0.310 e. The molecule has 0 radical (unpaired) electrons. The Bertz CT molecular complexity index is 134. The van der Waals surface area contributed by atoms with E-state index in [9.17, 15) is 0 Å². The Labute approximate surface area is 70.3 Å². The maximum absolute atomic E-state index is 7.09. The second kappa shape index (κ2) is 9.15. The molecule has 0 spiro atoms. The number of nitrogens with one attached hydrogen (secondary N) is 1. The van der Waals surface area contributed by atoms with Gasteiger partial charge in [0.2, 0.25) is 0 Å². The van der Waals surface area contributed by atoms with Crippen LogP contribution in [-0.4, -0.2) is 5.71 Å². The fourth-order valence-electron chi connectivity index (χ4n) is 0.450. The zero-order valence-corrected chi connectivity index (χ0v) is 7.91. The Morgan fingerprint density at radius 2 is 1.82 bits per heavy atom. The van der Waals surface area contributed by atoms with Crippen LogP contribution in [0.5, 0.6) is 0 Å². The van der Waals surface area contributed by atoms with E-state index in [4.69, 9.17) is 5.41 Å². The summed E-state index contributed by atoms with van der Waals surface area (Å²) in [7, 11) is 0. The molecule has 0 unspecified atom stereocenters. The highest BCUT2D eigenvalue weighted by Crippen LogP contribution is 2.02. The highest BCUT2D eigenvalue weighted by molar-refractivity contribution is 5.78. The van der Waals surface area contributed by atoms with Crippen molar-refractivity contribution in [1.29, 1.82) is 5.41 Å². The van der Waals surface area contributed by atoms with Crippen LogP contribution in [0.25, 0.3) is 0 Å². The van der Waals surface area contributed by atoms with Crippen molar-refractivity contribution in [3.8, 4) is 0 Å². The van der Waals surface area contributed by atoms with Gasteiger partial charge >= 0.3 is 0 Å². The average molecular weight is 153 g/mol. The van der Waals surface area contributed by atoms with E-state index in [2.05, 4.69) is 13.2 Å². The van der Waals surface area contributed by atoms with Crippen molar-refractivity contribution in [3.63, 3.8) is 0 Å². The third kappa shape index (κ3) is 12.4. The van der Waals surface area contributed by atoms with Crippen LogP contribution in [0.3, 0.4) is 0 Å². The van der Waals surface area contributed by atoms with Crippen LogP contribution in [-0.2, 0) is 0 Å². The van der Waals surface area contributed by atoms with Gasteiger partial charge in [-0.15, -0.1) is 0 Å². The van der Waals surface area contributed by atoms with Gasteiger partial charge in [0, 0.05) is 5.71 Å². The maximum Gasteiger partial charge on any atom is 0.00615 e. The first-order chi connectivity index (χ1) is 5.16. The molecule has 0 rings (SSSR count). The lowest BCUT2D eigenvalue weighted by Crippen LogP contribution is -1.87. The van der Waals surface area contributed by atoms with E-state index in [1.807, 2.05) is 13.8 Å². The predicted octanol–water partition coefficient (Wildman–Crippen LogP) is 3.57. The Morgan fingerprint density at radius 1 is 1.36 bits per heavy atom. The van der Waals surface area contributed by atoms with Crippen molar-refractivity contribution in [2.45, 2.75) is 33.6 Å². The number of rotatable bonds is 4. The molecule has 0 aromatic heterocycles. The monoisotopic (exact) mass is 153 g/mol. The van der Waals surface area contributed by atoms with Crippen molar-refractivity contribution in [1.82, 2.24) is 0 Å². The van der Waals surface area contributed by atoms with Gasteiger partial charge in [0.05, 0.1) is 0 Å². The van der Waals surface area contributed by atoms with Gasteiger partial charge in [0.1, 0.15) is 0 Å². The summed E-state index contributed by atoms with van der Waals surface area (Å²) in [4.78, 5) is 0. The second-order valence-electron chi connectivity index (χ2n) is 2.14. The quantitative estimate of drug-likeness (QED) is 0.471. The summed E-state index contributed by atoms with van der Waals surface area (Å²) in [6.45, 7) is 13.1. The SMILES string of the molecule is C=CC(=C)CCC(C)=N.CC. The molecule has 0 bridgehead atoms. The predicted molar refractivity (Wildman–Crippen MR) is 53.3 cm³/mol. The molecular formula is C10H19N. The molecule has 1 heteroatoms. The van der Waals surface area contributed by atoms with Gasteiger partial charge in [-0.25, -0.2) is 0 Å². The number of allylic oxidation sites excluding steroid dienone is 2. The van der Waals surface area contributed by atoms with E-state index < -0.39 is 0 Å². The Morgan fingerprint density at radius 3 is 2.09 bits per heavy atom. The summed E-state index contributed by atoms with van der Waals surface area (Å²) in [6.07, 6.45) is 3.42.